The molecular weight excluding hydrogens is 476 g/mol. The first-order valence-corrected chi connectivity index (χ1v) is 12.4. The Labute approximate surface area is 215 Å². The number of unbranched alkanes of at least 4 members (excludes halogenated alkanes) is 1. The van der Waals surface area contributed by atoms with Gasteiger partial charge in [-0.2, -0.15) is 0 Å². The summed E-state index contributed by atoms with van der Waals surface area (Å²) in [6, 6.07) is 3.56. The van der Waals surface area contributed by atoms with E-state index in [1.807, 2.05) is 38.1 Å². The van der Waals surface area contributed by atoms with Crippen molar-refractivity contribution in [3.05, 3.63) is 46.7 Å². The van der Waals surface area contributed by atoms with Gasteiger partial charge in [0.05, 0.1) is 12.1 Å². The van der Waals surface area contributed by atoms with Crippen molar-refractivity contribution in [2.75, 3.05) is 13.1 Å². The number of nitrogens with two attached hydrogens (primary N) is 2. The molecule has 0 radical (unpaired) electrons. The highest BCUT2D eigenvalue weighted by atomic mass is 16.4. The molecule has 2 heterocycles. The quantitative estimate of drug-likeness (QED) is 0.0892. The van der Waals surface area contributed by atoms with Crippen molar-refractivity contribution < 1.29 is 23.9 Å². The zero-order chi connectivity index (χ0) is 27.1. The number of amidine groups is 1. The van der Waals surface area contributed by atoms with Crippen molar-refractivity contribution in [2.45, 2.75) is 64.1 Å². The summed E-state index contributed by atoms with van der Waals surface area (Å²) in [6.45, 7) is 4.75. The number of aliphatic carboxylic acids is 1. The van der Waals surface area contributed by atoms with Crippen LogP contribution in [0.1, 0.15) is 42.6 Å². The molecule has 3 rings (SSSR count). The summed E-state index contributed by atoms with van der Waals surface area (Å²) < 4.78 is 5.87. The Bertz CT molecular complexity index is 1200. The van der Waals surface area contributed by atoms with E-state index in [4.69, 9.17) is 21.3 Å². The molecule has 3 atom stereocenters. The van der Waals surface area contributed by atoms with E-state index in [0.717, 1.165) is 22.1 Å². The minimum atomic E-state index is -1.13. The van der Waals surface area contributed by atoms with E-state index in [-0.39, 0.29) is 36.5 Å². The number of amides is 2. The molecule has 1 aromatic heterocycles. The van der Waals surface area contributed by atoms with Gasteiger partial charge < -0.3 is 36.9 Å². The van der Waals surface area contributed by atoms with Gasteiger partial charge in [-0.05, 0) is 55.9 Å². The number of carboxylic acid groups (broad SMARTS) is 1. The molecule has 0 saturated carbocycles. The average molecular weight is 513 g/mol. The molecule has 1 aromatic carbocycles. The predicted octanol–water partition coefficient (Wildman–Crippen LogP) is 1.000. The van der Waals surface area contributed by atoms with E-state index in [9.17, 15) is 19.5 Å². The van der Waals surface area contributed by atoms with Crippen molar-refractivity contribution >= 4 is 34.6 Å². The van der Waals surface area contributed by atoms with Crippen LogP contribution in [0.4, 0.5) is 0 Å². The second kappa shape index (κ2) is 12.5. The van der Waals surface area contributed by atoms with Gasteiger partial charge in [-0.1, -0.05) is 18.2 Å². The lowest BCUT2D eigenvalue weighted by Gasteiger charge is -2.18. The Kier molecular flexibility index (Phi) is 9.42. The highest BCUT2D eigenvalue weighted by Gasteiger charge is 2.26. The van der Waals surface area contributed by atoms with E-state index >= 15 is 0 Å². The van der Waals surface area contributed by atoms with Gasteiger partial charge in [0, 0.05) is 31.3 Å². The van der Waals surface area contributed by atoms with Crippen LogP contribution in [0.25, 0.3) is 11.0 Å². The number of carboxylic acids is 1. The van der Waals surface area contributed by atoms with E-state index in [1.165, 1.54) is 0 Å². The van der Waals surface area contributed by atoms with Crippen LogP contribution < -0.4 is 27.4 Å². The number of rotatable bonds is 13. The molecule has 200 valence electrons. The van der Waals surface area contributed by atoms with Gasteiger partial charge >= 0.3 is 5.97 Å². The molecule has 11 nitrogen and oxygen atoms in total. The SMILES string of the molecule is Cc1ccc2c(C)c(CC(NC(=O)CCCCNC(=O)C(N)CC3=CCNC3C(=N)N)C(=O)O)oc2c1. The maximum atomic E-state index is 12.4. The molecule has 37 heavy (non-hydrogen) atoms. The van der Waals surface area contributed by atoms with Crippen LogP contribution in [0.15, 0.2) is 34.3 Å². The molecule has 3 unspecified atom stereocenters. The third-order valence-electron chi connectivity index (χ3n) is 6.51. The van der Waals surface area contributed by atoms with Crippen molar-refractivity contribution in [1.82, 2.24) is 16.0 Å². The minimum Gasteiger partial charge on any atom is -0.480 e. The maximum Gasteiger partial charge on any atom is 0.326 e. The number of nitrogens with one attached hydrogen (secondary N) is 4. The number of benzene rings is 1. The van der Waals surface area contributed by atoms with Crippen LogP contribution in [0.2, 0.25) is 0 Å². The number of hydrogen-bond donors (Lipinski definition) is 7. The highest BCUT2D eigenvalue weighted by Crippen LogP contribution is 2.27. The first-order valence-electron chi connectivity index (χ1n) is 12.4. The molecular formula is C26H36N6O5. The number of carbonyl (C=O) groups is 3. The summed E-state index contributed by atoms with van der Waals surface area (Å²) in [4.78, 5) is 36.4. The Morgan fingerprint density at radius 3 is 2.70 bits per heavy atom. The number of furan rings is 1. The maximum absolute atomic E-state index is 12.4. The molecule has 0 fully saturated rings. The van der Waals surface area contributed by atoms with Gasteiger partial charge in [-0.15, -0.1) is 0 Å². The fourth-order valence-electron chi connectivity index (χ4n) is 4.40. The predicted molar refractivity (Wildman–Crippen MR) is 140 cm³/mol. The largest absolute Gasteiger partial charge is 0.480 e. The lowest BCUT2D eigenvalue weighted by atomic mass is 10.0. The van der Waals surface area contributed by atoms with Gasteiger partial charge in [0.15, 0.2) is 0 Å². The lowest BCUT2D eigenvalue weighted by molar-refractivity contribution is -0.141. The minimum absolute atomic E-state index is 0.0115. The number of carbonyl (C=O) groups excluding carboxylic acids is 2. The van der Waals surface area contributed by atoms with Crippen molar-refractivity contribution in [2.24, 2.45) is 11.5 Å². The van der Waals surface area contributed by atoms with Crippen molar-refractivity contribution in [3.63, 3.8) is 0 Å². The lowest BCUT2D eigenvalue weighted by Crippen LogP contribution is -2.44. The van der Waals surface area contributed by atoms with E-state index in [2.05, 4.69) is 16.0 Å². The standard InChI is InChI=1S/C26H36N6O5/c1-14-6-7-17-15(2)20(37-21(17)11-14)13-19(26(35)36)32-22(33)5-3-4-9-31-25(34)18(27)12-16-8-10-30-23(16)24(28)29/h6-8,11,18-19,23,30H,3-5,9-10,12-13,27H2,1-2H3,(H3,28,29)(H,31,34)(H,32,33)(H,35,36). The summed E-state index contributed by atoms with van der Waals surface area (Å²) >= 11 is 0. The van der Waals surface area contributed by atoms with Crippen molar-refractivity contribution in [3.8, 4) is 0 Å². The van der Waals surface area contributed by atoms with Gasteiger partial charge in [0.1, 0.15) is 23.2 Å². The first kappa shape index (κ1) is 27.9. The van der Waals surface area contributed by atoms with Crippen LogP contribution in [0.5, 0.6) is 0 Å². The number of aryl methyl sites for hydroxylation is 2. The second-order valence-electron chi connectivity index (χ2n) is 9.45. The third-order valence-corrected chi connectivity index (χ3v) is 6.51. The third kappa shape index (κ3) is 7.40. The monoisotopic (exact) mass is 512 g/mol. The molecule has 0 aliphatic carbocycles. The molecule has 2 aromatic rings. The van der Waals surface area contributed by atoms with Crippen LogP contribution in [-0.4, -0.2) is 59.9 Å². The van der Waals surface area contributed by atoms with Gasteiger partial charge in [0.25, 0.3) is 0 Å². The summed E-state index contributed by atoms with van der Waals surface area (Å²) in [5.74, 6) is -1.31. The van der Waals surface area contributed by atoms with E-state index in [1.54, 1.807) is 0 Å². The van der Waals surface area contributed by atoms with Gasteiger partial charge in [-0.3, -0.25) is 15.0 Å². The number of fused-ring (bicyclic) bond motifs is 1. The molecule has 2 amide bonds. The zero-order valence-electron chi connectivity index (χ0n) is 21.2. The van der Waals surface area contributed by atoms with Gasteiger partial charge in [0.2, 0.25) is 11.8 Å². The molecule has 1 aliphatic rings. The van der Waals surface area contributed by atoms with Crippen LogP contribution in [0.3, 0.4) is 0 Å². The van der Waals surface area contributed by atoms with E-state index in [0.29, 0.717) is 43.7 Å². The Morgan fingerprint density at radius 2 is 2.00 bits per heavy atom. The summed E-state index contributed by atoms with van der Waals surface area (Å²) in [7, 11) is 0. The smallest absolute Gasteiger partial charge is 0.326 e. The fourth-order valence-corrected chi connectivity index (χ4v) is 4.40. The summed E-state index contributed by atoms with van der Waals surface area (Å²) in [5.41, 5.74) is 15.0. The molecule has 0 saturated heterocycles. The number of hydrogen-bond acceptors (Lipinski definition) is 7. The molecule has 9 N–H and O–H groups in total. The fraction of sp³-hybridized carbons (Fsp3) is 0.462. The normalized spacial score (nSPS) is 16.7. The van der Waals surface area contributed by atoms with Crippen LogP contribution in [0, 0.1) is 19.3 Å². The first-order chi connectivity index (χ1) is 17.6. The van der Waals surface area contributed by atoms with Crippen LogP contribution in [-0.2, 0) is 20.8 Å². The van der Waals surface area contributed by atoms with E-state index < -0.39 is 18.1 Å². The molecule has 11 heteroatoms. The summed E-state index contributed by atoms with van der Waals surface area (Å²) in [6.07, 6.45) is 3.36. The molecule has 1 aliphatic heterocycles. The Hall–Kier alpha value is -3.70. The molecule has 0 bridgehead atoms. The highest BCUT2D eigenvalue weighted by molar-refractivity contribution is 5.88. The van der Waals surface area contributed by atoms with Crippen LogP contribution >= 0.6 is 0 Å². The summed E-state index contributed by atoms with van der Waals surface area (Å²) in [5, 5.41) is 26.5. The molecule has 0 spiro atoms. The average Bonchev–Trinajstić information content (AvgIpc) is 3.42. The zero-order valence-corrected chi connectivity index (χ0v) is 21.2. The van der Waals surface area contributed by atoms with Crippen molar-refractivity contribution in [1.29, 1.82) is 5.41 Å². The Balaban J connectivity index is 1.40. The van der Waals surface area contributed by atoms with Gasteiger partial charge in [-0.25, -0.2) is 4.79 Å². The Morgan fingerprint density at radius 1 is 1.24 bits per heavy atom. The second-order valence-corrected chi connectivity index (χ2v) is 9.45. The topological polar surface area (TPSA) is 197 Å².